The van der Waals surface area contributed by atoms with Gasteiger partial charge in [-0.05, 0) is 61.1 Å². The first-order valence-electron chi connectivity index (χ1n) is 10.1. The summed E-state index contributed by atoms with van der Waals surface area (Å²) in [5, 5.41) is 8.96. The van der Waals surface area contributed by atoms with E-state index in [4.69, 9.17) is 11.6 Å². The van der Waals surface area contributed by atoms with Crippen molar-refractivity contribution in [3.63, 3.8) is 0 Å². The molecule has 1 fully saturated rings. The van der Waals surface area contributed by atoms with E-state index in [9.17, 15) is 9.59 Å². The van der Waals surface area contributed by atoms with Crippen molar-refractivity contribution in [2.24, 2.45) is 5.92 Å². The molecule has 3 N–H and O–H groups in total. The summed E-state index contributed by atoms with van der Waals surface area (Å²) in [5.74, 6) is 0.828. The average Bonchev–Trinajstić information content (AvgIpc) is 3.48. The van der Waals surface area contributed by atoms with Crippen LogP contribution in [-0.2, 0) is 13.1 Å². The monoisotopic (exact) mass is 438 g/mol. The third-order valence-electron chi connectivity index (χ3n) is 4.99. The number of halogens is 1. The summed E-state index contributed by atoms with van der Waals surface area (Å²) in [5.41, 5.74) is 2.39. The van der Waals surface area contributed by atoms with Gasteiger partial charge in [0.05, 0.1) is 0 Å². The van der Waals surface area contributed by atoms with Crippen molar-refractivity contribution in [1.82, 2.24) is 19.9 Å². The highest BCUT2D eigenvalue weighted by Crippen LogP contribution is 2.31. The second kappa shape index (κ2) is 9.18. The zero-order valence-electron chi connectivity index (χ0n) is 17.1. The smallest absolute Gasteiger partial charge is 0.324 e. The fraction of sp³-hybridized carbons (Fsp3) is 0.273. The molecule has 4 rings (SSSR count). The highest BCUT2D eigenvalue weighted by molar-refractivity contribution is 6.30. The minimum absolute atomic E-state index is 0.272. The summed E-state index contributed by atoms with van der Waals surface area (Å²) in [6.45, 7) is 2.90. The number of amides is 3. The van der Waals surface area contributed by atoms with Crippen molar-refractivity contribution in [2.45, 2.75) is 32.9 Å². The van der Waals surface area contributed by atoms with Crippen molar-refractivity contribution in [1.29, 1.82) is 0 Å². The number of nitrogens with one attached hydrogen (secondary N) is 3. The lowest BCUT2D eigenvalue weighted by Gasteiger charge is -2.08. The fourth-order valence-corrected chi connectivity index (χ4v) is 3.40. The van der Waals surface area contributed by atoms with Crippen LogP contribution < -0.4 is 16.0 Å². The van der Waals surface area contributed by atoms with Gasteiger partial charge in [0.25, 0.3) is 5.91 Å². The number of rotatable bonds is 7. The molecule has 9 heteroatoms. The normalized spacial score (nSPS) is 13.0. The zero-order chi connectivity index (χ0) is 21.8. The Labute approximate surface area is 185 Å². The van der Waals surface area contributed by atoms with Crippen LogP contribution in [0.25, 0.3) is 0 Å². The van der Waals surface area contributed by atoms with Crippen LogP contribution in [0.2, 0.25) is 5.02 Å². The van der Waals surface area contributed by atoms with Crippen molar-refractivity contribution >= 4 is 35.0 Å². The SMILES string of the molecule is Cc1cc(Cl)ccc1NC(=O)Nc1cn(CC2CC2)c(C(=O)NCc2cccnc2)n1. The van der Waals surface area contributed by atoms with Gasteiger partial charge in [-0.3, -0.25) is 15.1 Å². The molecule has 1 aliphatic rings. The Morgan fingerprint density at radius 1 is 1.23 bits per heavy atom. The molecule has 0 spiro atoms. The van der Waals surface area contributed by atoms with Crippen LogP contribution in [0.4, 0.5) is 16.3 Å². The number of nitrogens with zero attached hydrogens (tertiary/aromatic N) is 3. The highest BCUT2D eigenvalue weighted by atomic mass is 35.5. The lowest BCUT2D eigenvalue weighted by atomic mass is 10.2. The third kappa shape index (κ3) is 5.61. The van der Waals surface area contributed by atoms with Gasteiger partial charge >= 0.3 is 6.03 Å². The molecule has 2 heterocycles. The lowest BCUT2D eigenvalue weighted by Crippen LogP contribution is -2.26. The Morgan fingerprint density at radius 2 is 2.06 bits per heavy atom. The molecule has 1 saturated carbocycles. The van der Waals surface area contributed by atoms with Crippen molar-refractivity contribution in [3.05, 3.63) is 70.9 Å². The molecule has 0 radical (unpaired) electrons. The summed E-state index contributed by atoms with van der Waals surface area (Å²) < 4.78 is 1.80. The van der Waals surface area contributed by atoms with E-state index in [-0.39, 0.29) is 11.7 Å². The Hall–Kier alpha value is -3.39. The van der Waals surface area contributed by atoms with Crippen LogP contribution in [0.1, 0.15) is 34.6 Å². The number of hydrogen-bond donors (Lipinski definition) is 3. The van der Waals surface area contributed by atoms with E-state index in [0.29, 0.717) is 35.5 Å². The van der Waals surface area contributed by atoms with Gasteiger partial charge in [-0.25, -0.2) is 9.78 Å². The number of carbonyl (C=O) groups excluding carboxylic acids is 2. The van der Waals surface area contributed by atoms with Gasteiger partial charge in [-0.2, -0.15) is 0 Å². The quantitative estimate of drug-likeness (QED) is 0.514. The van der Waals surface area contributed by atoms with Gasteiger partial charge < -0.3 is 15.2 Å². The summed E-state index contributed by atoms with van der Waals surface area (Å²) in [4.78, 5) is 33.6. The maximum absolute atomic E-state index is 12.8. The van der Waals surface area contributed by atoms with Gasteiger partial charge in [0.15, 0.2) is 5.82 Å². The van der Waals surface area contributed by atoms with Crippen LogP contribution in [0, 0.1) is 12.8 Å². The van der Waals surface area contributed by atoms with Gasteiger partial charge in [-0.1, -0.05) is 17.7 Å². The molecule has 31 heavy (non-hydrogen) atoms. The Kier molecular flexibility index (Phi) is 6.18. The predicted molar refractivity (Wildman–Crippen MR) is 119 cm³/mol. The molecule has 0 aliphatic heterocycles. The highest BCUT2D eigenvalue weighted by Gasteiger charge is 2.25. The third-order valence-corrected chi connectivity index (χ3v) is 5.22. The molecule has 1 aromatic carbocycles. The molecule has 0 unspecified atom stereocenters. The van der Waals surface area contributed by atoms with Crippen LogP contribution in [0.15, 0.2) is 48.9 Å². The van der Waals surface area contributed by atoms with E-state index >= 15 is 0 Å². The number of benzene rings is 1. The van der Waals surface area contributed by atoms with Crippen LogP contribution in [-0.4, -0.2) is 26.5 Å². The number of aryl methyl sites for hydroxylation is 1. The Morgan fingerprint density at radius 3 is 2.77 bits per heavy atom. The summed E-state index contributed by atoms with van der Waals surface area (Å²) in [7, 11) is 0. The topological polar surface area (TPSA) is 101 Å². The summed E-state index contributed by atoms with van der Waals surface area (Å²) in [6.07, 6.45) is 7.35. The molecule has 3 aromatic rings. The minimum atomic E-state index is -0.441. The zero-order valence-corrected chi connectivity index (χ0v) is 17.8. The van der Waals surface area contributed by atoms with Crippen LogP contribution in [0.5, 0.6) is 0 Å². The summed E-state index contributed by atoms with van der Waals surface area (Å²) >= 11 is 5.96. The first kappa shape index (κ1) is 20.9. The molecule has 160 valence electrons. The largest absolute Gasteiger partial charge is 0.345 e. The van der Waals surface area contributed by atoms with E-state index in [1.807, 2.05) is 19.1 Å². The first-order chi connectivity index (χ1) is 15.0. The second-order valence-corrected chi connectivity index (χ2v) is 8.06. The molecular weight excluding hydrogens is 416 g/mol. The van der Waals surface area contributed by atoms with E-state index in [1.165, 1.54) is 0 Å². The van der Waals surface area contributed by atoms with Crippen LogP contribution in [0.3, 0.4) is 0 Å². The van der Waals surface area contributed by atoms with Crippen LogP contribution >= 0.6 is 11.6 Å². The van der Waals surface area contributed by atoms with Gasteiger partial charge in [0, 0.05) is 42.4 Å². The first-order valence-corrected chi connectivity index (χ1v) is 10.4. The van der Waals surface area contributed by atoms with Crippen molar-refractivity contribution < 1.29 is 9.59 Å². The molecule has 1 aliphatic carbocycles. The number of carbonyl (C=O) groups is 2. The van der Waals surface area contributed by atoms with Gasteiger partial charge in [0.2, 0.25) is 5.82 Å². The standard InChI is InChI=1S/C22H23ClN6O2/c1-14-9-17(23)6-7-18(14)26-22(31)28-19-13-29(12-15-4-5-15)20(27-19)21(30)25-11-16-3-2-8-24-10-16/h2-3,6-10,13,15H,4-5,11-12H2,1H3,(H,25,30)(H2,26,28,31). The van der Waals surface area contributed by atoms with E-state index in [2.05, 4.69) is 25.9 Å². The molecule has 0 atom stereocenters. The predicted octanol–water partition coefficient (Wildman–Crippen LogP) is 4.22. The number of hydrogen-bond acceptors (Lipinski definition) is 4. The molecule has 3 amide bonds. The van der Waals surface area contributed by atoms with Crippen molar-refractivity contribution in [3.8, 4) is 0 Å². The Balaban J connectivity index is 1.44. The van der Waals surface area contributed by atoms with E-state index < -0.39 is 6.03 Å². The van der Waals surface area contributed by atoms with Crippen molar-refractivity contribution in [2.75, 3.05) is 10.6 Å². The number of anilines is 2. The number of urea groups is 1. The Bertz CT molecular complexity index is 1090. The molecule has 8 nitrogen and oxygen atoms in total. The maximum atomic E-state index is 12.8. The fourth-order valence-electron chi connectivity index (χ4n) is 3.18. The summed E-state index contributed by atoms with van der Waals surface area (Å²) in [6, 6.07) is 8.48. The number of aromatic nitrogens is 3. The molecule has 2 aromatic heterocycles. The maximum Gasteiger partial charge on any atom is 0.324 e. The lowest BCUT2D eigenvalue weighted by molar-refractivity contribution is 0.0935. The minimum Gasteiger partial charge on any atom is -0.345 e. The van der Waals surface area contributed by atoms with Gasteiger partial charge in [-0.15, -0.1) is 0 Å². The molecular formula is C22H23ClN6O2. The molecule has 0 bridgehead atoms. The number of imidazole rings is 1. The molecule has 0 saturated heterocycles. The average molecular weight is 439 g/mol. The van der Waals surface area contributed by atoms with Gasteiger partial charge in [0.1, 0.15) is 0 Å². The second-order valence-electron chi connectivity index (χ2n) is 7.63. The van der Waals surface area contributed by atoms with E-state index in [1.54, 1.807) is 41.4 Å². The number of pyridine rings is 1. The van der Waals surface area contributed by atoms with E-state index in [0.717, 1.165) is 24.0 Å².